The molecular formula is C11H8Br4Fe. The Hall–Kier alpha value is 1.14. The van der Waals surface area contributed by atoms with Gasteiger partial charge in [0.1, 0.15) is 2.14 Å². The van der Waals surface area contributed by atoms with Gasteiger partial charge in [0.05, 0.1) is 0 Å². The zero-order chi connectivity index (χ0) is 11.3. The summed E-state index contributed by atoms with van der Waals surface area (Å²) in [5.74, 6) is 0. The molecule has 0 aliphatic heterocycles. The van der Waals surface area contributed by atoms with E-state index in [0.29, 0.717) is 0 Å². The number of hydrogen-bond acceptors (Lipinski definition) is 0. The first-order valence-electron chi connectivity index (χ1n) is 4.16. The van der Waals surface area contributed by atoms with Gasteiger partial charge in [0.15, 0.2) is 0 Å². The minimum absolute atomic E-state index is 0. The Morgan fingerprint density at radius 3 is 1.69 bits per heavy atom. The summed E-state index contributed by atoms with van der Waals surface area (Å²) in [5, 5.41) is 0. The summed E-state index contributed by atoms with van der Waals surface area (Å²) in [6.07, 6.45) is 0. The molecular weight excluding hydrogens is 508 g/mol. The molecule has 0 unspecified atom stereocenters. The van der Waals surface area contributed by atoms with Gasteiger partial charge in [0, 0.05) is 0 Å². The Labute approximate surface area is 140 Å². The molecule has 88 valence electrons. The molecule has 0 atom stereocenters. The number of rotatable bonds is 0. The van der Waals surface area contributed by atoms with Crippen LogP contribution in [0.15, 0.2) is 53.0 Å². The van der Waals surface area contributed by atoms with E-state index < -0.39 is 0 Å². The molecule has 0 aliphatic rings. The smallest absolute Gasteiger partial charge is 0.213 e. The van der Waals surface area contributed by atoms with Gasteiger partial charge >= 0.3 is 17.1 Å². The van der Waals surface area contributed by atoms with Crippen LogP contribution in [0.3, 0.4) is 0 Å². The molecule has 0 aromatic heterocycles. The summed E-state index contributed by atoms with van der Waals surface area (Å²) in [4.78, 5) is 0. The Balaban J connectivity index is 0.000000283. The first-order valence-corrected chi connectivity index (χ1v) is 7.33. The van der Waals surface area contributed by atoms with Crippen LogP contribution in [0.4, 0.5) is 0 Å². The molecule has 0 spiro atoms. The SMILES string of the molecule is BrC(Br)(Br)c1ccc[cH-]1.Brc1ccc[cH-]1.[Fe+2]. The Morgan fingerprint density at radius 2 is 1.50 bits per heavy atom. The van der Waals surface area contributed by atoms with Crippen LogP contribution >= 0.6 is 63.7 Å². The second kappa shape index (κ2) is 8.28. The van der Waals surface area contributed by atoms with E-state index in [-0.39, 0.29) is 19.2 Å². The van der Waals surface area contributed by atoms with Crippen LogP contribution in [-0.2, 0) is 19.2 Å². The minimum atomic E-state index is -0.240. The molecule has 0 amide bonds. The molecule has 0 saturated carbocycles. The van der Waals surface area contributed by atoms with Crippen molar-refractivity contribution in [3.8, 4) is 0 Å². The largest absolute Gasteiger partial charge is 2.00 e. The molecule has 0 heterocycles. The van der Waals surface area contributed by atoms with Crippen molar-refractivity contribution in [2.45, 2.75) is 2.14 Å². The normalized spacial score (nSPS) is 10.0. The zero-order valence-corrected chi connectivity index (χ0v) is 15.4. The summed E-state index contributed by atoms with van der Waals surface area (Å²) in [6.45, 7) is 0. The minimum Gasteiger partial charge on any atom is -0.213 e. The molecule has 0 bridgehead atoms. The molecule has 5 heteroatoms. The molecule has 0 fully saturated rings. The maximum Gasteiger partial charge on any atom is 2.00 e. The third kappa shape index (κ3) is 6.77. The predicted molar refractivity (Wildman–Crippen MR) is 80.2 cm³/mol. The van der Waals surface area contributed by atoms with Gasteiger partial charge in [-0.1, -0.05) is 63.7 Å². The van der Waals surface area contributed by atoms with Crippen LogP contribution in [0.2, 0.25) is 0 Å². The van der Waals surface area contributed by atoms with Gasteiger partial charge in [0.25, 0.3) is 0 Å². The van der Waals surface area contributed by atoms with Crippen molar-refractivity contribution in [2.24, 2.45) is 0 Å². The molecule has 0 radical (unpaired) electrons. The van der Waals surface area contributed by atoms with Gasteiger partial charge in [-0.3, -0.25) is 0 Å². The van der Waals surface area contributed by atoms with Crippen molar-refractivity contribution in [1.29, 1.82) is 0 Å². The molecule has 0 aliphatic carbocycles. The first-order chi connectivity index (χ1) is 7.00. The van der Waals surface area contributed by atoms with Gasteiger partial charge in [0.2, 0.25) is 0 Å². The summed E-state index contributed by atoms with van der Waals surface area (Å²) in [5.41, 5.74) is 1.17. The van der Waals surface area contributed by atoms with E-state index >= 15 is 0 Å². The van der Waals surface area contributed by atoms with Gasteiger partial charge < -0.3 is 0 Å². The summed E-state index contributed by atoms with van der Waals surface area (Å²) in [7, 11) is 0. The average Bonchev–Trinajstić information content (AvgIpc) is 2.73. The first kappa shape index (κ1) is 17.1. The van der Waals surface area contributed by atoms with Gasteiger partial charge in [-0.15, -0.1) is 10.0 Å². The molecule has 2 aromatic rings. The van der Waals surface area contributed by atoms with E-state index in [4.69, 9.17) is 0 Å². The summed E-state index contributed by atoms with van der Waals surface area (Å²) < 4.78 is 0.916. The fourth-order valence-electron chi connectivity index (χ4n) is 0.914. The van der Waals surface area contributed by atoms with Crippen LogP contribution in [0.5, 0.6) is 0 Å². The van der Waals surface area contributed by atoms with Crippen LogP contribution in [0, 0.1) is 0 Å². The number of hydrogen-bond donors (Lipinski definition) is 0. The van der Waals surface area contributed by atoms with Crippen LogP contribution in [0.25, 0.3) is 0 Å². The van der Waals surface area contributed by atoms with Crippen LogP contribution in [0.1, 0.15) is 5.56 Å². The molecule has 2 rings (SSSR count). The van der Waals surface area contributed by atoms with E-state index in [2.05, 4.69) is 63.7 Å². The maximum atomic E-state index is 3.40. The van der Waals surface area contributed by atoms with Crippen molar-refractivity contribution in [2.75, 3.05) is 0 Å². The van der Waals surface area contributed by atoms with Crippen LogP contribution < -0.4 is 0 Å². The van der Waals surface area contributed by atoms with Crippen molar-refractivity contribution in [1.82, 2.24) is 0 Å². The molecule has 16 heavy (non-hydrogen) atoms. The van der Waals surface area contributed by atoms with Gasteiger partial charge in [-0.05, 0) is 0 Å². The summed E-state index contributed by atoms with van der Waals surface area (Å²) >= 11 is 13.5. The maximum absolute atomic E-state index is 3.40. The Kier molecular flexibility index (Phi) is 8.87. The average molecular weight is 516 g/mol. The van der Waals surface area contributed by atoms with Crippen molar-refractivity contribution < 1.29 is 17.1 Å². The molecule has 0 saturated heterocycles. The monoisotopic (exact) mass is 512 g/mol. The van der Waals surface area contributed by atoms with Crippen molar-refractivity contribution in [3.05, 3.63) is 58.6 Å². The molecule has 0 N–H and O–H groups in total. The third-order valence-corrected chi connectivity index (χ3v) is 3.51. The second-order valence-corrected chi connectivity index (χ2v) is 10.5. The van der Waals surface area contributed by atoms with E-state index in [1.54, 1.807) is 0 Å². The fourth-order valence-corrected chi connectivity index (χ4v) is 2.01. The van der Waals surface area contributed by atoms with E-state index in [1.165, 1.54) is 5.56 Å². The fraction of sp³-hybridized carbons (Fsp3) is 0.0909. The number of halogens is 4. The van der Waals surface area contributed by atoms with Crippen LogP contribution in [-0.4, -0.2) is 0 Å². The summed E-state index contributed by atoms with van der Waals surface area (Å²) in [6, 6.07) is 16.0. The Morgan fingerprint density at radius 1 is 0.938 bits per heavy atom. The van der Waals surface area contributed by atoms with Gasteiger partial charge in [-0.25, -0.2) is 18.2 Å². The predicted octanol–water partition coefficient (Wildman–Crippen LogP) is 5.87. The molecule has 0 nitrogen and oxygen atoms in total. The van der Waals surface area contributed by atoms with Crippen molar-refractivity contribution >= 4 is 63.7 Å². The quantitative estimate of drug-likeness (QED) is 0.234. The standard InChI is InChI=1S/C6H4Br3.C5H4Br.Fe/c7-6(8,9)5-3-1-2-4-5;6-5-3-1-2-4-5;/h1-4H;1-4H;/q2*-1;+2. The molecule has 2 aromatic carbocycles. The second-order valence-electron chi connectivity index (χ2n) is 2.77. The van der Waals surface area contributed by atoms with Gasteiger partial charge in [-0.2, -0.15) is 30.3 Å². The van der Waals surface area contributed by atoms with E-state index in [1.807, 2.05) is 48.5 Å². The Bertz CT molecular complexity index is 359. The van der Waals surface area contributed by atoms with E-state index in [0.717, 1.165) is 4.47 Å². The van der Waals surface area contributed by atoms with Crippen molar-refractivity contribution in [3.63, 3.8) is 0 Å². The number of alkyl halides is 3. The topological polar surface area (TPSA) is 0 Å². The zero-order valence-electron chi connectivity index (χ0n) is 7.98. The third-order valence-electron chi connectivity index (χ3n) is 1.61. The van der Waals surface area contributed by atoms with E-state index in [9.17, 15) is 0 Å².